The van der Waals surface area contributed by atoms with Gasteiger partial charge in [0.25, 0.3) is 0 Å². The van der Waals surface area contributed by atoms with Crippen molar-refractivity contribution in [3.63, 3.8) is 0 Å². The van der Waals surface area contributed by atoms with Crippen molar-refractivity contribution in [2.75, 3.05) is 37.8 Å². The number of nitrogens with one attached hydrogen (secondary N) is 1. The van der Waals surface area contributed by atoms with Gasteiger partial charge in [-0.3, -0.25) is 4.79 Å². The highest BCUT2D eigenvalue weighted by atomic mass is 32.2. The van der Waals surface area contributed by atoms with Crippen LogP contribution in [0.3, 0.4) is 0 Å². The molecule has 0 aromatic heterocycles. The Hall–Kier alpha value is -1.35. The third kappa shape index (κ3) is 2.88. The lowest BCUT2D eigenvalue weighted by Gasteiger charge is -2.31. The number of hydrogen-bond acceptors (Lipinski definition) is 5. The van der Waals surface area contributed by atoms with Crippen molar-refractivity contribution < 1.29 is 27.9 Å². The highest BCUT2D eigenvalue weighted by molar-refractivity contribution is 7.91. The second-order valence-electron chi connectivity index (χ2n) is 5.38. The lowest BCUT2D eigenvalue weighted by atomic mass is 9.85. The second-order valence-corrected chi connectivity index (χ2v) is 7.68. The zero-order valence-electron chi connectivity index (χ0n) is 11.2. The predicted octanol–water partition coefficient (Wildman–Crippen LogP) is -1.08. The van der Waals surface area contributed by atoms with Gasteiger partial charge in [0.1, 0.15) is 5.41 Å². The van der Waals surface area contributed by atoms with Crippen LogP contribution in [0, 0.1) is 5.41 Å². The molecule has 20 heavy (non-hydrogen) atoms. The fourth-order valence-electron chi connectivity index (χ4n) is 2.24. The molecule has 9 heteroatoms. The minimum absolute atomic E-state index is 0.0433. The van der Waals surface area contributed by atoms with Gasteiger partial charge in [-0.05, 0) is 6.92 Å². The highest BCUT2D eigenvalue weighted by Gasteiger charge is 2.47. The van der Waals surface area contributed by atoms with E-state index in [-0.39, 0.29) is 37.8 Å². The summed E-state index contributed by atoms with van der Waals surface area (Å²) in [7, 11) is -3.05. The maximum Gasteiger partial charge on any atom is 0.317 e. The Labute approximate surface area is 117 Å². The smallest absolute Gasteiger partial charge is 0.317 e. The van der Waals surface area contributed by atoms with Crippen LogP contribution in [0.15, 0.2) is 0 Å². The number of amides is 2. The van der Waals surface area contributed by atoms with Crippen molar-refractivity contribution in [3.05, 3.63) is 0 Å². The van der Waals surface area contributed by atoms with Crippen LogP contribution in [0.1, 0.15) is 6.92 Å². The van der Waals surface area contributed by atoms with Crippen molar-refractivity contribution in [3.8, 4) is 0 Å². The van der Waals surface area contributed by atoms with E-state index in [2.05, 4.69) is 5.32 Å². The van der Waals surface area contributed by atoms with E-state index in [0.717, 1.165) is 0 Å². The lowest BCUT2D eigenvalue weighted by molar-refractivity contribution is -0.148. The molecule has 0 aromatic rings. The monoisotopic (exact) mass is 306 g/mol. The summed E-state index contributed by atoms with van der Waals surface area (Å²) in [6, 6.07) is -1.06. The summed E-state index contributed by atoms with van der Waals surface area (Å²) in [5, 5.41) is 11.8. The van der Waals surface area contributed by atoms with E-state index < -0.39 is 33.3 Å². The van der Waals surface area contributed by atoms with Crippen LogP contribution >= 0.6 is 0 Å². The number of rotatable bonds is 2. The first-order valence-electron chi connectivity index (χ1n) is 6.32. The van der Waals surface area contributed by atoms with Crippen LogP contribution in [0.5, 0.6) is 0 Å². The van der Waals surface area contributed by atoms with E-state index in [1.54, 1.807) is 0 Å². The Bertz CT molecular complexity index is 505. The number of carboxylic acid groups (broad SMARTS) is 1. The molecule has 2 rings (SSSR count). The minimum Gasteiger partial charge on any atom is -0.481 e. The first-order valence-corrected chi connectivity index (χ1v) is 8.14. The van der Waals surface area contributed by atoms with Gasteiger partial charge in [-0.1, -0.05) is 0 Å². The number of hydrogen-bond donors (Lipinski definition) is 2. The number of carboxylic acids is 1. The summed E-state index contributed by atoms with van der Waals surface area (Å²) in [6.07, 6.45) is 0. The van der Waals surface area contributed by atoms with Gasteiger partial charge in [0.05, 0.1) is 30.8 Å². The van der Waals surface area contributed by atoms with Crippen molar-refractivity contribution in [2.24, 2.45) is 5.41 Å². The molecule has 0 spiro atoms. The fourth-order valence-corrected chi connectivity index (χ4v) is 3.44. The van der Waals surface area contributed by atoms with Gasteiger partial charge in [-0.25, -0.2) is 13.2 Å². The Kier molecular flexibility index (Phi) is 3.92. The molecule has 0 aromatic carbocycles. The number of aliphatic carboxylic acids is 1. The van der Waals surface area contributed by atoms with Gasteiger partial charge in [0, 0.05) is 13.1 Å². The van der Waals surface area contributed by atoms with E-state index in [0.29, 0.717) is 0 Å². The Balaban J connectivity index is 1.97. The zero-order valence-corrected chi connectivity index (χ0v) is 12.0. The molecule has 2 saturated heterocycles. The third-order valence-electron chi connectivity index (χ3n) is 3.87. The summed E-state index contributed by atoms with van der Waals surface area (Å²) >= 11 is 0. The van der Waals surface area contributed by atoms with Crippen LogP contribution in [0.25, 0.3) is 0 Å². The number of ether oxygens (including phenoxy) is 1. The average molecular weight is 306 g/mol. The van der Waals surface area contributed by atoms with Gasteiger partial charge in [-0.15, -0.1) is 0 Å². The summed E-state index contributed by atoms with van der Waals surface area (Å²) in [5.41, 5.74) is -1.16. The SMILES string of the molecule is CC1(C(=O)O)COCC1NC(=O)N1CCS(=O)(=O)CC1. The summed E-state index contributed by atoms with van der Waals surface area (Å²) in [6.45, 7) is 1.97. The molecule has 2 amide bonds. The molecular formula is C11H18N2O6S. The standard InChI is InChI=1S/C11H18N2O6S/c1-11(9(14)15)7-19-6-8(11)12-10(16)13-2-4-20(17,18)5-3-13/h8H,2-7H2,1H3,(H,12,16)(H,14,15). The normalized spacial score (nSPS) is 32.9. The molecule has 2 fully saturated rings. The molecular weight excluding hydrogens is 288 g/mol. The van der Waals surface area contributed by atoms with Crippen molar-refractivity contribution >= 4 is 21.8 Å². The molecule has 114 valence electrons. The lowest BCUT2D eigenvalue weighted by Crippen LogP contribution is -2.55. The average Bonchev–Trinajstić information content (AvgIpc) is 2.72. The molecule has 2 aliphatic heterocycles. The van der Waals surface area contributed by atoms with Crippen LogP contribution in [0.4, 0.5) is 4.79 Å². The van der Waals surface area contributed by atoms with Gasteiger partial charge < -0.3 is 20.1 Å². The van der Waals surface area contributed by atoms with Gasteiger partial charge in [0.15, 0.2) is 9.84 Å². The van der Waals surface area contributed by atoms with E-state index >= 15 is 0 Å². The first-order chi connectivity index (χ1) is 9.24. The molecule has 2 heterocycles. The Morgan fingerprint density at radius 2 is 1.95 bits per heavy atom. The molecule has 2 unspecified atom stereocenters. The number of urea groups is 1. The van der Waals surface area contributed by atoms with Crippen LogP contribution < -0.4 is 5.32 Å². The molecule has 2 N–H and O–H groups in total. The van der Waals surface area contributed by atoms with Crippen LogP contribution in [0.2, 0.25) is 0 Å². The largest absolute Gasteiger partial charge is 0.481 e. The summed E-state index contributed by atoms with van der Waals surface area (Å²) in [4.78, 5) is 24.7. The number of carbonyl (C=O) groups excluding carboxylic acids is 1. The molecule has 8 nitrogen and oxygen atoms in total. The van der Waals surface area contributed by atoms with Gasteiger partial charge in [-0.2, -0.15) is 0 Å². The van der Waals surface area contributed by atoms with E-state index in [1.165, 1.54) is 11.8 Å². The summed E-state index contributed by atoms with van der Waals surface area (Å²) < 4.78 is 27.7. The molecule has 2 atom stereocenters. The van der Waals surface area contributed by atoms with Crippen LogP contribution in [-0.2, 0) is 19.4 Å². The molecule has 0 bridgehead atoms. The summed E-state index contributed by atoms with van der Waals surface area (Å²) in [5.74, 6) is -1.14. The van der Waals surface area contributed by atoms with Crippen molar-refractivity contribution in [2.45, 2.75) is 13.0 Å². The quantitative estimate of drug-likeness (QED) is 0.670. The second kappa shape index (κ2) is 5.21. The highest BCUT2D eigenvalue weighted by Crippen LogP contribution is 2.28. The Morgan fingerprint density at radius 1 is 1.35 bits per heavy atom. The molecule has 0 aliphatic carbocycles. The van der Waals surface area contributed by atoms with E-state index in [1.807, 2.05) is 0 Å². The minimum atomic E-state index is -3.05. The zero-order chi connectivity index (χ0) is 15.0. The van der Waals surface area contributed by atoms with Crippen molar-refractivity contribution in [1.82, 2.24) is 10.2 Å². The van der Waals surface area contributed by atoms with E-state index in [4.69, 9.17) is 4.74 Å². The fraction of sp³-hybridized carbons (Fsp3) is 0.818. The predicted molar refractivity (Wildman–Crippen MR) is 69.1 cm³/mol. The van der Waals surface area contributed by atoms with E-state index in [9.17, 15) is 23.1 Å². The Morgan fingerprint density at radius 3 is 2.50 bits per heavy atom. The van der Waals surface area contributed by atoms with Gasteiger partial charge >= 0.3 is 12.0 Å². The first kappa shape index (κ1) is 15.0. The van der Waals surface area contributed by atoms with Gasteiger partial charge in [0.2, 0.25) is 0 Å². The van der Waals surface area contributed by atoms with Crippen LogP contribution in [-0.4, -0.2) is 74.3 Å². The maximum atomic E-state index is 12.0. The molecule has 2 aliphatic rings. The van der Waals surface area contributed by atoms with Crippen molar-refractivity contribution in [1.29, 1.82) is 0 Å². The topological polar surface area (TPSA) is 113 Å². The maximum absolute atomic E-state index is 12.0. The number of carbonyl (C=O) groups is 2. The molecule has 0 radical (unpaired) electrons. The third-order valence-corrected chi connectivity index (χ3v) is 5.48. The number of nitrogens with zero attached hydrogens (tertiary/aromatic N) is 1. The number of sulfone groups is 1. The molecule has 0 saturated carbocycles.